The van der Waals surface area contributed by atoms with E-state index in [4.69, 9.17) is 0 Å². The van der Waals surface area contributed by atoms with E-state index in [1.165, 1.54) is 5.69 Å². The van der Waals surface area contributed by atoms with Crippen molar-refractivity contribution in [3.05, 3.63) is 52.9 Å². The highest BCUT2D eigenvalue weighted by atomic mass is 16.2. The first-order chi connectivity index (χ1) is 13.2. The smallest absolute Gasteiger partial charge is 0.266 e. The molecule has 3 heterocycles. The summed E-state index contributed by atoms with van der Waals surface area (Å²) in [7, 11) is 0. The fourth-order valence-electron chi connectivity index (χ4n) is 4.03. The van der Waals surface area contributed by atoms with Crippen LogP contribution in [0.4, 0.5) is 11.4 Å². The van der Waals surface area contributed by atoms with Crippen molar-refractivity contribution in [2.24, 2.45) is 5.92 Å². The average molecular weight is 367 g/mol. The molecule has 7 nitrogen and oxygen atoms in total. The number of H-pyrrole nitrogens is 1. The predicted molar refractivity (Wildman–Crippen MR) is 105 cm³/mol. The molecule has 1 amide bonds. The summed E-state index contributed by atoms with van der Waals surface area (Å²) in [6.07, 6.45) is 3.52. The van der Waals surface area contributed by atoms with Crippen LogP contribution in [0.25, 0.3) is 0 Å². The Hall–Kier alpha value is -2.83. The van der Waals surface area contributed by atoms with E-state index in [-0.39, 0.29) is 17.4 Å². The van der Waals surface area contributed by atoms with Gasteiger partial charge in [0.15, 0.2) is 0 Å². The van der Waals surface area contributed by atoms with Crippen LogP contribution in [0.2, 0.25) is 0 Å². The minimum atomic E-state index is -0.210. The van der Waals surface area contributed by atoms with Gasteiger partial charge in [0, 0.05) is 51.0 Å². The number of benzene rings is 1. The van der Waals surface area contributed by atoms with Gasteiger partial charge in [-0.2, -0.15) is 5.10 Å². The molecule has 0 unspecified atom stereocenters. The second-order valence-electron chi connectivity index (χ2n) is 7.24. The average Bonchev–Trinajstić information content (AvgIpc) is 2.74. The summed E-state index contributed by atoms with van der Waals surface area (Å²) in [5.74, 6) is 0.228. The van der Waals surface area contributed by atoms with Crippen LogP contribution >= 0.6 is 0 Å². The monoisotopic (exact) mass is 367 g/mol. The summed E-state index contributed by atoms with van der Waals surface area (Å²) in [5.41, 5.74) is 1.80. The normalized spacial score (nSPS) is 20.6. The van der Waals surface area contributed by atoms with Gasteiger partial charge in [0.25, 0.3) is 5.56 Å². The van der Waals surface area contributed by atoms with E-state index >= 15 is 0 Å². The molecule has 1 atom stereocenters. The van der Waals surface area contributed by atoms with Crippen molar-refractivity contribution < 1.29 is 4.79 Å². The molecule has 4 rings (SSSR count). The molecule has 1 N–H and O–H groups in total. The Morgan fingerprint density at radius 3 is 2.52 bits per heavy atom. The second-order valence-corrected chi connectivity index (χ2v) is 7.24. The molecule has 0 bridgehead atoms. The number of hydrogen-bond donors (Lipinski definition) is 1. The van der Waals surface area contributed by atoms with Crippen LogP contribution in [-0.4, -0.2) is 60.3 Å². The van der Waals surface area contributed by atoms with Gasteiger partial charge in [-0.3, -0.25) is 9.59 Å². The highest BCUT2D eigenvalue weighted by molar-refractivity contribution is 5.80. The number of rotatable bonds is 3. The second kappa shape index (κ2) is 7.82. The van der Waals surface area contributed by atoms with E-state index in [1.54, 1.807) is 12.3 Å². The lowest BCUT2D eigenvalue weighted by Crippen LogP contribution is -2.52. The summed E-state index contributed by atoms with van der Waals surface area (Å²) < 4.78 is 0. The van der Waals surface area contributed by atoms with E-state index in [2.05, 4.69) is 32.1 Å². The Balaban J connectivity index is 1.36. The SMILES string of the molecule is O=C([C@H]1CCCN(c2cn[nH]c(=O)c2)C1)N1CCN(c2ccccc2)CC1. The van der Waals surface area contributed by atoms with Crippen LogP contribution in [0.3, 0.4) is 0 Å². The fourth-order valence-corrected chi connectivity index (χ4v) is 4.03. The molecule has 142 valence electrons. The van der Waals surface area contributed by atoms with E-state index in [9.17, 15) is 9.59 Å². The van der Waals surface area contributed by atoms with Gasteiger partial charge in [-0.1, -0.05) is 18.2 Å². The third kappa shape index (κ3) is 3.97. The van der Waals surface area contributed by atoms with E-state index in [1.807, 2.05) is 23.1 Å². The maximum absolute atomic E-state index is 13.0. The first-order valence-electron chi connectivity index (χ1n) is 9.59. The van der Waals surface area contributed by atoms with Crippen molar-refractivity contribution in [3.63, 3.8) is 0 Å². The zero-order valence-corrected chi connectivity index (χ0v) is 15.4. The number of anilines is 2. The maximum Gasteiger partial charge on any atom is 0.266 e. The van der Waals surface area contributed by atoms with Gasteiger partial charge in [-0.05, 0) is 25.0 Å². The van der Waals surface area contributed by atoms with Crippen LogP contribution in [0.15, 0.2) is 47.4 Å². The molecule has 1 aromatic heterocycles. The number of para-hydroxylation sites is 1. The number of aromatic amines is 1. The van der Waals surface area contributed by atoms with Crippen LogP contribution < -0.4 is 15.4 Å². The summed E-state index contributed by atoms with van der Waals surface area (Å²) in [4.78, 5) is 31.0. The van der Waals surface area contributed by atoms with E-state index < -0.39 is 0 Å². The first kappa shape index (κ1) is 17.6. The topological polar surface area (TPSA) is 72.5 Å². The van der Waals surface area contributed by atoms with Crippen molar-refractivity contribution in [2.75, 3.05) is 49.1 Å². The van der Waals surface area contributed by atoms with Crippen molar-refractivity contribution in [3.8, 4) is 0 Å². The zero-order chi connectivity index (χ0) is 18.6. The van der Waals surface area contributed by atoms with Gasteiger partial charge in [-0.25, -0.2) is 5.10 Å². The van der Waals surface area contributed by atoms with Crippen molar-refractivity contribution in [1.82, 2.24) is 15.1 Å². The van der Waals surface area contributed by atoms with Gasteiger partial charge in [-0.15, -0.1) is 0 Å². The molecular formula is C20H25N5O2. The standard InChI is InChI=1S/C20H25N5O2/c26-19-13-18(14-21-22-19)25-8-4-5-16(15-25)20(27)24-11-9-23(10-12-24)17-6-2-1-3-7-17/h1-3,6-7,13-14,16H,4-5,8-12,15H2,(H,22,26)/t16-/m0/s1. The zero-order valence-electron chi connectivity index (χ0n) is 15.4. The van der Waals surface area contributed by atoms with Crippen LogP contribution in [0, 0.1) is 5.92 Å². The highest BCUT2D eigenvalue weighted by Gasteiger charge is 2.31. The number of hydrogen-bond acceptors (Lipinski definition) is 5. The minimum absolute atomic E-state index is 0.0127. The minimum Gasteiger partial charge on any atom is -0.369 e. The molecule has 2 aromatic rings. The molecule has 0 aliphatic carbocycles. The van der Waals surface area contributed by atoms with Gasteiger partial charge in [0.1, 0.15) is 0 Å². The number of nitrogens with zero attached hydrogens (tertiary/aromatic N) is 4. The van der Waals surface area contributed by atoms with Crippen molar-refractivity contribution >= 4 is 17.3 Å². The van der Waals surface area contributed by atoms with E-state index in [0.717, 1.165) is 51.3 Å². The Labute approximate surface area is 158 Å². The number of piperidine rings is 1. The molecule has 2 aliphatic heterocycles. The summed E-state index contributed by atoms with van der Waals surface area (Å²) in [6, 6.07) is 11.9. The Morgan fingerprint density at radius 2 is 1.78 bits per heavy atom. The molecule has 0 saturated carbocycles. The quantitative estimate of drug-likeness (QED) is 0.886. The fraction of sp³-hybridized carbons (Fsp3) is 0.450. The summed E-state index contributed by atoms with van der Waals surface area (Å²) in [5, 5.41) is 6.28. The molecule has 2 fully saturated rings. The summed E-state index contributed by atoms with van der Waals surface area (Å²) in [6.45, 7) is 4.77. The Bertz CT molecular complexity index is 830. The van der Waals surface area contributed by atoms with E-state index in [0.29, 0.717) is 6.54 Å². The van der Waals surface area contributed by atoms with Crippen LogP contribution in [0.5, 0.6) is 0 Å². The number of amides is 1. The Kier molecular flexibility index (Phi) is 5.09. The predicted octanol–water partition coefficient (Wildman–Crippen LogP) is 1.34. The number of aromatic nitrogens is 2. The lowest BCUT2D eigenvalue weighted by atomic mass is 9.96. The number of nitrogens with one attached hydrogen (secondary N) is 1. The van der Waals surface area contributed by atoms with Gasteiger partial charge < -0.3 is 14.7 Å². The molecule has 27 heavy (non-hydrogen) atoms. The molecule has 2 saturated heterocycles. The lowest BCUT2D eigenvalue weighted by Gasteiger charge is -2.40. The molecular weight excluding hydrogens is 342 g/mol. The van der Waals surface area contributed by atoms with Crippen molar-refractivity contribution in [1.29, 1.82) is 0 Å². The van der Waals surface area contributed by atoms with Gasteiger partial charge >= 0.3 is 0 Å². The number of carbonyl (C=O) groups is 1. The third-order valence-corrected chi connectivity index (χ3v) is 5.50. The maximum atomic E-state index is 13.0. The molecule has 0 radical (unpaired) electrons. The van der Waals surface area contributed by atoms with Gasteiger partial charge in [0.05, 0.1) is 17.8 Å². The molecule has 0 spiro atoms. The lowest BCUT2D eigenvalue weighted by molar-refractivity contribution is -0.136. The number of carbonyl (C=O) groups excluding carboxylic acids is 1. The number of piperazine rings is 1. The highest BCUT2D eigenvalue weighted by Crippen LogP contribution is 2.24. The molecule has 7 heteroatoms. The third-order valence-electron chi connectivity index (χ3n) is 5.50. The Morgan fingerprint density at radius 1 is 1.00 bits per heavy atom. The molecule has 2 aliphatic rings. The van der Waals surface area contributed by atoms with Gasteiger partial charge in [0.2, 0.25) is 5.91 Å². The first-order valence-corrected chi connectivity index (χ1v) is 9.59. The largest absolute Gasteiger partial charge is 0.369 e. The van der Waals surface area contributed by atoms with Crippen molar-refractivity contribution in [2.45, 2.75) is 12.8 Å². The molecule has 1 aromatic carbocycles. The van der Waals surface area contributed by atoms with Crippen LogP contribution in [-0.2, 0) is 4.79 Å². The summed E-state index contributed by atoms with van der Waals surface area (Å²) >= 11 is 0. The van der Waals surface area contributed by atoms with Crippen LogP contribution in [0.1, 0.15) is 12.8 Å².